The van der Waals surface area contributed by atoms with Crippen LogP contribution in [-0.2, 0) is 0 Å². The Morgan fingerprint density at radius 3 is 2.44 bits per heavy atom. The van der Waals surface area contributed by atoms with E-state index in [1.54, 1.807) is 0 Å². The lowest BCUT2D eigenvalue weighted by atomic mass is 10.2. The van der Waals surface area contributed by atoms with Crippen LogP contribution >= 0.6 is 47.8 Å². The summed E-state index contributed by atoms with van der Waals surface area (Å²) in [7, 11) is 0. The molecule has 0 saturated carbocycles. The highest BCUT2D eigenvalue weighted by Crippen LogP contribution is 2.33. The molecule has 0 unspecified atom stereocenters. The number of amides is 1. The normalized spacial score (nSPS) is 14.4. The first-order valence-corrected chi connectivity index (χ1v) is 9.89. The molecule has 0 atom stereocenters. The van der Waals surface area contributed by atoms with E-state index in [4.69, 9.17) is 4.42 Å². The zero-order chi connectivity index (χ0) is 18.0. The van der Waals surface area contributed by atoms with Crippen molar-refractivity contribution in [2.24, 2.45) is 5.10 Å². The molecule has 132 valence electrons. The first-order chi connectivity index (χ1) is 12.0. The van der Waals surface area contributed by atoms with Gasteiger partial charge in [0.2, 0.25) is 5.88 Å². The van der Waals surface area contributed by atoms with Crippen LogP contribution in [0.25, 0.3) is 0 Å². The van der Waals surface area contributed by atoms with Crippen molar-refractivity contribution in [1.29, 1.82) is 0 Å². The van der Waals surface area contributed by atoms with Crippen molar-refractivity contribution in [3.63, 3.8) is 0 Å². The highest BCUT2D eigenvalue weighted by Gasteiger charge is 2.19. The number of carbonyl (C=O) groups is 1. The summed E-state index contributed by atoms with van der Waals surface area (Å²) in [6.07, 6.45) is 3.77. The summed E-state index contributed by atoms with van der Waals surface area (Å²) < 4.78 is 7.47. The van der Waals surface area contributed by atoms with Gasteiger partial charge in [0.25, 0.3) is 5.91 Å². The molecule has 25 heavy (non-hydrogen) atoms. The number of hydrazone groups is 1. The minimum absolute atomic E-state index is 0.0370. The molecular weight excluding hydrogens is 522 g/mol. The van der Waals surface area contributed by atoms with Gasteiger partial charge in [-0.05, 0) is 72.8 Å². The lowest BCUT2D eigenvalue weighted by Crippen LogP contribution is -2.17. The van der Waals surface area contributed by atoms with E-state index in [9.17, 15) is 9.90 Å². The number of nitrogens with zero attached hydrogens (tertiary/aromatic N) is 2. The topological polar surface area (TPSA) is 78.1 Å². The van der Waals surface area contributed by atoms with Crippen molar-refractivity contribution >= 4 is 65.8 Å². The number of furan rings is 1. The SMILES string of the molecule is O=C(N/N=C\c1cc(Br)c(N2CCCC2)o1)c1cc(Br)c(O)c(Br)c1. The smallest absolute Gasteiger partial charge is 0.271 e. The van der Waals surface area contributed by atoms with E-state index in [0.29, 0.717) is 20.3 Å². The van der Waals surface area contributed by atoms with E-state index in [-0.39, 0.29) is 5.75 Å². The van der Waals surface area contributed by atoms with Crippen LogP contribution in [0.3, 0.4) is 0 Å². The third kappa shape index (κ3) is 4.27. The number of carbonyl (C=O) groups excluding carboxylic acids is 1. The van der Waals surface area contributed by atoms with Crippen molar-refractivity contribution < 1.29 is 14.3 Å². The van der Waals surface area contributed by atoms with E-state index in [0.717, 1.165) is 36.3 Å². The molecule has 6 nitrogen and oxygen atoms in total. The molecule has 1 aromatic carbocycles. The zero-order valence-electron chi connectivity index (χ0n) is 12.9. The second-order valence-electron chi connectivity index (χ2n) is 5.48. The summed E-state index contributed by atoms with van der Waals surface area (Å²) >= 11 is 9.87. The summed E-state index contributed by atoms with van der Waals surface area (Å²) in [6.45, 7) is 1.95. The first-order valence-electron chi connectivity index (χ1n) is 7.51. The van der Waals surface area contributed by atoms with Gasteiger partial charge in [0.1, 0.15) is 5.75 Å². The molecule has 9 heteroatoms. The molecule has 0 radical (unpaired) electrons. The highest BCUT2D eigenvalue weighted by atomic mass is 79.9. The molecule has 1 aliphatic heterocycles. The van der Waals surface area contributed by atoms with Crippen molar-refractivity contribution in [2.45, 2.75) is 12.8 Å². The van der Waals surface area contributed by atoms with Gasteiger partial charge in [0.15, 0.2) is 5.76 Å². The van der Waals surface area contributed by atoms with Gasteiger partial charge in [-0.3, -0.25) is 4.79 Å². The number of hydrogen-bond acceptors (Lipinski definition) is 5. The Hall–Kier alpha value is -1.32. The Bertz CT molecular complexity index is 806. The number of rotatable bonds is 4. The fourth-order valence-electron chi connectivity index (χ4n) is 2.49. The maximum atomic E-state index is 12.1. The van der Waals surface area contributed by atoms with Gasteiger partial charge in [0, 0.05) is 24.7 Å². The lowest BCUT2D eigenvalue weighted by molar-refractivity contribution is 0.0955. The van der Waals surface area contributed by atoms with Crippen molar-refractivity contribution in [3.05, 3.63) is 42.9 Å². The highest BCUT2D eigenvalue weighted by molar-refractivity contribution is 9.11. The molecule has 0 spiro atoms. The second-order valence-corrected chi connectivity index (χ2v) is 8.05. The minimum atomic E-state index is -0.400. The van der Waals surface area contributed by atoms with Gasteiger partial charge >= 0.3 is 0 Å². The Balaban J connectivity index is 1.67. The van der Waals surface area contributed by atoms with Gasteiger partial charge in [-0.1, -0.05) is 0 Å². The van der Waals surface area contributed by atoms with Crippen LogP contribution in [0.2, 0.25) is 0 Å². The van der Waals surface area contributed by atoms with Gasteiger partial charge in [-0.25, -0.2) is 5.43 Å². The fourth-order valence-corrected chi connectivity index (χ4v) is 4.24. The van der Waals surface area contributed by atoms with Crippen LogP contribution in [0.1, 0.15) is 29.0 Å². The average molecular weight is 536 g/mol. The largest absolute Gasteiger partial charge is 0.506 e. The number of hydrogen-bond donors (Lipinski definition) is 2. The number of phenolic OH excluding ortho intramolecular Hbond substituents is 1. The maximum Gasteiger partial charge on any atom is 0.271 e. The predicted octanol–water partition coefficient (Wildman–Crippen LogP) is 4.64. The fraction of sp³-hybridized carbons (Fsp3) is 0.250. The molecule has 0 aliphatic carbocycles. The molecule has 1 saturated heterocycles. The number of aromatic hydroxyl groups is 1. The molecule has 1 aliphatic rings. The van der Waals surface area contributed by atoms with Crippen LogP contribution in [0, 0.1) is 0 Å². The Labute approximate surface area is 169 Å². The zero-order valence-corrected chi connectivity index (χ0v) is 17.7. The third-order valence-electron chi connectivity index (χ3n) is 3.72. The molecular formula is C16H14Br3N3O3. The molecule has 2 N–H and O–H groups in total. The second kappa shape index (κ2) is 7.92. The number of nitrogens with one attached hydrogen (secondary N) is 1. The van der Waals surface area contributed by atoms with Gasteiger partial charge in [-0.2, -0.15) is 5.10 Å². The molecule has 1 fully saturated rings. The number of phenols is 1. The van der Waals surface area contributed by atoms with Crippen LogP contribution in [-0.4, -0.2) is 30.3 Å². The summed E-state index contributed by atoms with van der Waals surface area (Å²) in [5.74, 6) is 0.969. The van der Waals surface area contributed by atoms with Crippen LogP contribution in [0.4, 0.5) is 5.88 Å². The van der Waals surface area contributed by atoms with Crippen molar-refractivity contribution in [3.8, 4) is 5.75 Å². The molecule has 1 amide bonds. The summed E-state index contributed by atoms with van der Waals surface area (Å²) in [5.41, 5.74) is 2.79. The Morgan fingerprint density at radius 2 is 1.80 bits per heavy atom. The number of benzene rings is 1. The first kappa shape index (κ1) is 18.5. The van der Waals surface area contributed by atoms with Crippen molar-refractivity contribution in [2.75, 3.05) is 18.0 Å². The molecule has 2 aromatic rings. The van der Waals surface area contributed by atoms with Gasteiger partial charge < -0.3 is 14.4 Å². The minimum Gasteiger partial charge on any atom is -0.506 e. The summed E-state index contributed by atoms with van der Waals surface area (Å²) in [5, 5.41) is 13.6. The number of halogens is 3. The van der Waals surface area contributed by atoms with Gasteiger partial charge in [-0.15, -0.1) is 0 Å². The van der Waals surface area contributed by atoms with Crippen molar-refractivity contribution in [1.82, 2.24) is 5.43 Å². The molecule has 2 heterocycles. The van der Waals surface area contributed by atoms with E-state index in [1.807, 2.05) is 6.07 Å². The quantitative estimate of drug-likeness (QED) is 0.442. The van der Waals surface area contributed by atoms with Gasteiger partial charge in [0.05, 0.1) is 19.6 Å². The van der Waals surface area contributed by atoms with Crippen LogP contribution < -0.4 is 10.3 Å². The van der Waals surface area contributed by atoms with Crippen LogP contribution in [0.15, 0.2) is 41.1 Å². The van der Waals surface area contributed by atoms with E-state index >= 15 is 0 Å². The summed E-state index contributed by atoms with van der Waals surface area (Å²) in [6, 6.07) is 4.84. The third-order valence-corrected chi connectivity index (χ3v) is 5.50. The summed E-state index contributed by atoms with van der Waals surface area (Å²) in [4.78, 5) is 14.3. The Morgan fingerprint density at radius 1 is 1.16 bits per heavy atom. The molecule has 1 aromatic heterocycles. The average Bonchev–Trinajstić information content (AvgIpc) is 3.21. The maximum absolute atomic E-state index is 12.1. The predicted molar refractivity (Wildman–Crippen MR) is 106 cm³/mol. The van der Waals surface area contributed by atoms with E-state index in [2.05, 4.69) is 63.2 Å². The Kier molecular flexibility index (Phi) is 5.85. The molecule has 0 bridgehead atoms. The van der Waals surface area contributed by atoms with E-state index in [1.165, 1.54) is 18.3 Å². The van der Waals surface area contributed by atoms with E-state index < -0.39 is 5.91 Å². The molecule has 3 rings (SSSR count). The monoisotopic (exact) mass is 533 g/mol. The number of anilines is 1. The standard InChI is InChI=1S/C16H14Br3N3O3/c17-11-5-9(6-12(18)14(11)23)15(24)21-20-8-10-7-13(19)16(25-10)22-3-1-2-4-22/h5-8,23H,1-4H2,(H,21,24)/b20-8-. The lowest BCUT2D eigenvalue weighted by Gasteiger charge is -2.13. The van der Waals surface area contributed by atoms with Crippen LogP contribution in [0.5, 0.6) is 5.75 Å².